The summed E-state index contributed by atoms with van der Waals surface area (Å²) in [6, 6.07) is 10.1. The van der Waals surface area contributed by atoms with Crippen LogP contribution in [0.3, 0.4) is 0 Å². The first-order chi connectivity index (χ1) is 10.6. The molecular formula is C18H27NO2S. The van der Waals surface area contributed by atoms with Crippen LogP contribution in [0.1, 0.15) is 44.8 Å². The molecule has 1 fully saturated rings. The average Bonchev–Trinajstić information content (AvgIpc) is 3.32. The van der Waals surface area contributed by atoms with E-state index in [0.29, 0.717) is 23.5 Å². The van der Waals surface area contributed by atoms with Gasteiger partial charge in [0.2, 0.25) is 5.91 Å². The first kappa shape index (κ1) is 17.4. The van der Waals surface area contributed by atoms with Gasteiger partial charge in [-0.15, -0.1) is 11.8 Å². The van der Waals surface area contributed by atoms with E-state index in [1.807, 2.05) is 30.3 Å². The highest BCUT2D eigenvalue weighted by Gasteiger charge is 2.32. The van der Waals surface area contributed by atoms with Crippen molar-refractivity contribution < 1.29 is 9.90 Å². The molecule has 0 bridgehead atoms. The number of aliphatic hydroxyl groups is 1. The molecule has 0 saturated heterocycles. The maximum atomic E-state index is 12.4. The molecule has 1 N–H and O–H groups in total. The van der Waals surface area contributed by atoms with E-state index in [1.54, 1.807) is 0 Å². The Morgan fingerprint density at radius 3 is 2.59 bits per heavy atom. The molecule has 0 spiro atoms. The Balaban J connectivity index is 1.73. The second-order valence-electron chi connectivity index (χ2n) is 6.44. The van der Waals surface area contributed by atoms with Gasteiger partial charge in [-0.05, 0) is 30.7 Å². The van der Waals surface area contributed by atoms with E-state index in [0.717, 1.165) is 31.4 Å². The largest absolute Gasteiger partial charge is 0.388 e. The van der Waals surface area contributed by atoms with E-state index in [-0.39, 0.29) is 5.91 Å². The van der Waals surface area contributed by atoms with Crippen LogP contribution in [-0.4, -0.2) is 40.0 Å². The molecule has 22 heavy (non-hydrogen) atoms. The molecule has 1 atom stereocenters. The summed E-state index contributed by atoms with van der Waals surface area (Å²) < 4.78 is 0. The Labute approximate surface area is 138 Å². The van der Waals surface area contributed by atoms with Gasteiger partial charge in [0.15, 0.2) is 0 Å². The summed E-state index contributed by atoms with van der Waals surface area (Å²) in [6.07, 6.45) is 2.88. The molecule has 1 aromatic rings. The first-order valence-corrected chi connectivity index (χ1v) is 9.33. The zero-order valence-electron chi connectivity index (χ0n) is 13.6. The minimum Gasteiger partial charge on any atom is -0.388 e. The van der Waals surface area contributed by atoms with Gasteiger partial charge in [-0.2, -0.15) is 0 Å². The predicted molar refractivity (Wildman–Crippen MR) is 92.9 cm³/mol. The number of amides is 1. The van der Waals surface area contributed by atoms with E-state index in [4.69, 9.17) is 0 Å². The lowest BCUT2D eigenvalue weighted by molar-refractivity contribution is -0.129. The van der Waals surface area contributed by atoms with Crippen LogP contribution in [0.25, 0.3) is 0 Å². The van der Waals surface area contributed by atoms with Gasteiger partial charge in [0.1, 0.15) is 0 Å². The van der Waals surface area contributed by atoms with Crippen molar-refractivity contribution in [2.45, 2.75) is 45.3 Å². The van der Waals surface area contributed by atoms with E-state index < -0.39 is 6.10 Å². The molecule has 4 heteroatoms. The molecule has 3 nitrogen and oxygen atoms in total. The summed E-state index contributed by atoms with van der Waals surface area (Å²) in [4.78, 5) is 14.4. The molecule has 1 amide bonds. The Bertz CT molecular complexity index is 459. The smallest absolute Gasteiger partial charge is 0.232 e. The summed E-state index contributed by atoms with van der Waals surface area (Å²) >= 11 is 1.53. The number of benzene rings is 1. The Hall–Kier alpha value is -1.00. The van der Waals surface area contributed by atoms with E-state index in [1.165, 1.54) is 11.8 Å². The predicted octanol–water partition coefficient (Wildman–Crippen LogP) is 3.49. The Kier molecular flexibility index (Phi) is 6.77. The lowest BCUT2D eigenvalue weighted by Gasteiger charge is -2.23. The van der Waals surface area contributed by atoms with Gasteiger partial charge in [0.25, 0.3) is 0 Å². The SMILES string of the molecule is CC(C)CCN(C(=O)CSCC(O)c1ccccc1)C1CC1. The minimum absolute atomic E-state index is 0.230. The maximum absolute atomic E-state index is 12.4. The van der Waals surface area contributed by atoms with Gasteiger partial charge < -0.3 is 10.0 Å². The Morgan fingerprint density at radius 2 is 2.00 bits per heavy atom. The third-order valence-corrected chi connectivity index (χ3v) is 4.94. The van der Waals surface area contributed by atoms with Crippen molar-refractivity contribution in [2.24, 2.45) is 5.92 Å². The number of carbonyl (C=O) groups is 1. The molecule has 0 heterocycles. The van der Waals surface area contributed by atoms with Crippen molar-refractivity contribution in [1.82, 2.24) is 4.90 Å². The Morgan fingerprint density at radius 1 is 1.32 bits per heavy atom. The molecule has 1 aliphatic rings. The molecular weight excluding hydrogens is 294 g/mol. The van der Waals surface area contributed by atoms with Gasteiger partial charge >= 0.3 is 0 Å². The topological polar surface area (TPSA) is 40.5 Å². The van der Waals surface area contributed by atoms with Crippen LogP contribution in [0.15, 0.2) is 30.3 Å². The normalized spacial score (nSPS) is 15.8. The number of hydrogen-bond donors (Lipinski definition) is 1. The van der Waals surface area contributed by atoms with Crippen molar-refractivity contribution in [3.8, 4) is 0 Å². The monoisotopic (exact) mass is 321 g/mol. The first-order valence-electron chi connectivity index (χ1n) is 8.18. The van der Waals surface area contributed by atoms with Gasteiger partial charge in [0.05, 0.1) is 11.9 Å². The van der Waals surface area contributed by atoms with Gasteiger partial charge in [0, 0.05) is 18.3 Å². The summed E-state index contributed by atoms with van der Waals surface area (Å²) in [5.41, 5.74) is 0.918. The second kappa shape index (κ2) is 8.59. The highest BCUT2D eigenvalue weighted by Crippen LogP contribution is 2.28. The lowest BCUT2D eigenvalue weighted by Crippen LogP contribution is -2.36. The highest BCUT2D eigenvalue weighted by atomic mass is 32.2. The minimum atomic E-state index is -0.496. The average molecular weight is 321 g/mol. The van der Waals surface area contributed by atoms with Crippen LogP contribution in [0.4, 0.5) is 0 Å². The zero-order valence-corrected chi connectivity index (χ0v) is 14.4. The fourth-order valence-corrected chi connectivity index (χ4v) is 3.28. The number of aliphatic hydroxyl groups excluding tert-OH is 1. The summed E-state index contributed by atoms with van der Waals surface area (Å²) in [6.45, 7) is 5.27. The van der Waals surface area contributed by atoms with Crippen LogP contribution in [0.2, 0.25) is 0 Å². The molecule has 1 saturated carbocycles. The number of rotatable bonds is 9. The van der Waals surface area contributed by atoms with Crippen molar-refractivity contribution in [2.75, 3.05) is 18.1 Å². The van der Waals surface area contributed by atoms with Crippen molar-refractivity contribution in [3.63, 3.8) is 0 Å². The van der Waals surface area contributed by atoms with Gasteiger partial charge in [-0.1, -0.05) is 44.2 Å². The quantitative estimate of drug-likeness (QED) is 0.757. The molecule has 0 aliphatic heterocycles. The van der Waals surface area contributed by atoms with Gasteiger partial charge in [-0.3, -0.25) is 4.79 Å². The third kappa shape index (κ3) is 5.65. The number of hydrogen-bond acceptors (Lipinski definition) is 3. The molecule has 122 valence electrons. The maximum Gasteiger partial charge on any atom is 0.232 e. The summed E-state index contributed by atoms with van der Waals surface area (Å²) in [7, 11) is 0. The van der Waals surface area contributed by atoms with Crippen LogP contribution in [0.5, 0.6) is 0 Å². The fraction of sp³-hybridized carbons (Fsp3) is 0.611. The molecule has 2 rings (SSSR count). The van der Waals surface area contributed by atoms with Crippen molar-refractivity contribution >= 4 is 17.7 Å². The molecule has 0 aromatic heterocycles. The summed E-state index contributed by atoms with van der Waals surface area (Å²) in [5.74, 6) is 1.90. The second-order valence-corrected chi connectivity index (χ2v) is 7.47. The lowest BCUT2D eigenvalue weighted by atomic mass is 10.1. The van der Waals surface area contributed by atoms with Crippen molar-refractivity contribution in [1.29, 1.82) is 0 Å². The van der Waals surface area contributed by atoms with E-state index in [9.17, 15) is 9.90 Å². The third-order valence-electron chi connectivity index (χ3n) is 3.94. The summed E-state index contributed by atoms with van der Waals surface area (Å²) in [5, 5.41) is 10.1. The van der Waals surface area contributed by atoms with E-state index >= 15 is 0 Å². The number of carbonyl (C=O) groups excluding carboxylic acids is 1. The number of nitrogens with zero attached hydrogens (tertiary/aromatic N) is 1. The highest BCUT2D eigenvalue weighted by molar-refractivity contribution is 7.99. The van der Waals surface area contributed by atoms with Gasteiger partial charge in [-0.25, -0.2) is 0 Å². The van der Waals surface area contributed by atoms with Crippen LogP contribution < -0.4 is 0 Å². The molecule has 1 aromatic carbocycles. The molecule has 0 radical (unpaired) electrons. The molecule has 1 aliphatic carbocycles. The fourth-order valence-electron chi connectivity index (χ4n) is 2.41. The van der Waals surface area contributed by atoms with E-state index in [2.05, 4.69) is 18.7 Å². The van der Waals surface area contributed by atoms with Crippen molar-refractivity contribution in [3.05, 3.63) is 35.9 Å². The number of thioether (sulfide) groups is 1. The van der Waals surface area contributed by atoms with Crippen LogP contribution in [0, 0.1) is 5.92 Å². The van der Waals surface area contributed by atoms with Crippen LogP contribution >= 0.6 is 11.8 Å². The zero-order chi connectivity index (χ0) is 15.9. The van der Waals surface area contributed by atoms with Crippen LogP contribution in [-0.2, 0) is 4.79 Å². The standard InChI is InChI=1S/C18H27NO2S/c1-14(2)10-11-19(16-8-9-16)18(21)13-22-12-17(20)15-6-4-3-5-7-15/h3-7,14,16-17,20H,8-13H2,1-2H3. The molecule has 1 unspecified atom stereocenters.